The number of carbonyl (C=O) groups excluding carboxylic acids is 1. The van der Waals surface area contributed by atoms with Crippen LogP contribution in [-0.2, 0) is 9.53 Å². The SMILES string of the molecule is COC(=O)C1(NC(C)C)CCN(CC(C)C)CC1. The quantitative estimate of drug-likeness (QED) is 0.759. The van der Waals surface area contributed by atoms with Gasteiger partial charge in [0.15, 0.2) is 0 Å². The van der Waals surface area contributed by atoms with Crippen LogP contribution in [-0.4, -0.2) is 49.2 Å². The molecule has 1 heterocycles. The van der Waals surface area contributed by atoms with Gasteiger partial charge in [0, 0.05) is 25.7 Å². The molecule has 0 atom stereocenters. The maximum absolute atomic E-state index is 12.0. The number of nitrogens with zero attached hydrogens (tertiary/aromatic N) is 1. The standard InChI is InChI=1S/C14H28N2O2/c1-11(2)10-16-8-6-14(7-9-16,13(17)18-5)15-12(3)4/h11-12,15H,6-10H2,1-5H3. The van der Waals surface area contributed by atoms with Crippen molar-refractivity contribution in [3.05, 3.63) is 0 Å². The van der Waals surface area contributed by atoms with Crippen LogP contribution in [0.2, 0.25) is 0 Å². The summed E-state index contributed by atoms with van der Waals surface area (Å²) in [6.45, 7) is 11.7. The number of carbonyl (C=O) groups is 1. The van der Waals surface area contributed by atoms with Crippen LogP contribution in [0.1, 0.15) is 40.5 Å². The van der Waals surface area contributed by atoms with Gasteiger partial charge in [0.05, 0.1) is 7.11 Å². The number of hydrogen-bond acceptors (Lipinski definition) is 4. The Hall–Kier alpha value is -0.610. The van der Waals surface area contributed by atoms with E-state index in [1.807, 2.05) is 0 Å². The minimum atomic E-state index is -0.476. The Balaban J connectivity index is 2.64. The topological polar surface area (TPSA) is 41.6 Å². The van der Waals surface area contributed by atoms with Crippen molar-refractivity contribution in [2.24, 2.45) is 5.92 Å². The van der Waals surface area contributed by atoms with Crippen molar-refractivity contribution in [2.75, 3.05) is 26.7 Å². The van der Waals surface area contributed by atoms with Gasteiger partial charge in [0.1, 0.15) is 5.54 Å². The average Bonchev–Trinajstić information content (AvgIpc) is 2.29. The second kappa shape index (κ2) is 6.53. The molecule has 0 aliphatic carbocycles. The van der Waals surface area contributed by atoms with Crippen molar-refractivity contribution in [1.82, 2.24) is 10.2 Å². The maximum Gasteiger partial charge on any atom is 0.326 e. The first-order valence-electron chi connectivity index (χ1n) is 6.98. The van der Waals surface area contributed by atoms with Gasteiger partial charge in [0.2, 0.25) is 0 Å². The fourth-order valence-corrected chi connectivity index (χ4v) is 2.79. The molecule has 1 aliphatic rings. The fourth-order valence-electron chi connectivity index (χ4n) is 2.79. The Morgan fingerprint density at radius 2 is 1.83 bits per heavy atom. The summed E-state index contributed by atoms with van der Waals surface area (Å²) in [4.78, 5) is 14.5. The summed E-state index contributed by atoms with van der Waals surface area (Å²) < 4.78 is 4.99. The van der Waals surface area contributed by atoms with Crippen molar-refractivity contribution < 1.29 is 9.53 Å². The van der Waals surface area contributed by atoms with E-state index in [1.54, 1.807) is 0 Å². The highest BCUT2D eigenvalue weighted by atomic mass is 16.5. The number of ether oxygens (including phenoxy) is 1. The highest BCUT2D eigenvalue weighted by molar-refractivity contribution is 5.81. The Bertz CT molecular complexity index is 269. The van der Waals surface area contributed by atoms with Crippen LogP contribution in [0, 0.1) is 5.92 Å². The van der Waals surface area contributed by atoms with Crippen LogP contribution in [0.4, 0.5) is 0 Å². The summed E-state index contributed by atoms with van der Waals surface area (Å²) in [5.41, 5.74) is -0.476. The maximum atomic E-state index is 12.0. The van der Waals surface area contributed by atoms with Gasteiger partial charge < -0.3 is 9.64 Å². The van der Waals surface area contributed by atoms with Crippen LogP contribution in [0.3, 0.4) is 0 Å². The van der Waals surface area contributed by atoms with Gasteiger partial charge in [-0.25, -0.2) is 0 Å². The van der Waals surface area contributed by atoms with Crippen LogP contribution in [0.15, 0.2) is 0 Å². The highest BCUT2D eigenvalue weighted by Gasteiger charge is 2.42. The third-order valence-electron chi connectivity index (χ3n) is 3.47. The normalized spacial score (nSPS) is 20.4. The molecule has 0 saturated carbocycles. The van der Waals surface area contributed by atoms with E-state index in [-0.39, 0.29) is 5.97 Å². The van der Waals surface area contributed by atoms with Gasteiger partial charge in [-0.3, -0.25) is 10.1 Å². The zero-order valence-corrected chi connectivity index (χ0v) is 12.5. The van der Waals surface area contributed by atoms with E-state index in [4.69, 9.17) is 4.74 Å². The molecule has 1 saturated heterocycles. The largest absolute Gasteiger partial charge is 0.468 e. The second-order valence-corrected chi connectivity index (χ2v) is 6.07. The smallest absolute Gasteiger partial charge is 0.326 e. The summed E-state index contributed by atoms with van der Waals surface area (Å²) in [6, 6.07) is 0.292. The molecule has 0 bridgehead atoms. The molecule has 1 aliphatic heterocycles. The number of esters is 1. The predicted molar refractivity (Wildman–Crippen MR) is 73.5 cm³/mol. The van der Waals surface area contributed by atoms with Crippen molar-refractivity contribution in [1.29, 1.82) is 0 Å². The third kappa shape index (κ3) is 3.95. The first-order valence-corrected chi connectivity index (χ1v) is 6.98. The highest BCUT2D eigenvalue weighted by Crippen LogP contribution is 2.25. The van der Waals surface area contributed by atoms with Gasteiger partial charge in [-0.05, 0) is 32.6 Å². The first kappa shape index (κ1) is 15.4. The number of nitrogens with one attached hydrogen (secondary N) is 1. The van der Waals surface area contributed by atoms with Crippen molar-refractivity contribution in [3.8, 4) is 0 Å². The van der Waals surface area contributed by atoms with Crippen LogP contribution in [0.25, 0.3) is 0 Å². The van der Waals surface area contributed by atoms with Crippen LogP contribution in [0.5, 0.6) is 0 Å². The van der Waals surface area contributed by atoms with Gasteiger partial charge in [0.25, 0.3) is 0 Å². The molecule has 4 nitrogen and oxygen atoms in total. The number of likely N-dealkylation sites (tertiary alicyclic amines) is 1. The number of hydrogen-bond donors (Lipinski definition) is 1. The molecule has 0 aromatic heterocycles. The van der Waals surface area contributed by atoms with Crippen LogP contribution < -0.4 is 5.32 Å². The molecule has 0 aromatic rings. The van der Waals surface area contributed by atoms with Gasteiger partial charge >= 0.3 is 5.97 Å². The molecular formula is C14H28N2O2. The summed E-state index contributed by atoms with van der Waals surface area (Å²) in [6.07, 6.45) is 1.68. The molecule has 0 radical (unpaired) electrons. The van der Waals surface area contributed by atoms with E-state index in [0.717, 1.165) is 32.5 Å². The summed E-state index contributed by atoms with van der Waals surface area (Å²) in [7, 11) is 1.48. The average molecular weight is 256 g/mol. The van der Waals surface area contributed by atoms with Gasteiger partial charge in [-0.2, -0.15) is 0 Å². The first-order chi connectivity index (χ1) is 8.39. The lowest BCUT2D eigenvalue weighted by atomic mass is 9.86. The Morgan fingerprint density at radius 1 is 1.28 bits per heavy atom. The predicted octanol–water partition coefficient (Wildman–Crippen LogP) is 1.65. The van der Waals surface area contributed by atoms with Crippen molar-refractivity contribution in [2.45, 2.75) is 52.1 Å². The molecule has 0 amide bonds. The molecular weight excluding hydrogens is 228 g/mol. The van der Waals surface area contributed by atoms with E-state index < -0.39 is 5.54 Å². The van der Waals surface area contributed by atoms with Gasteiger partial charge in [-0.1, -0.05) is 13.8 Å². The minimum absolute atomic E-state index is 0.111. The lowest BCUT2D eigenvalue weighted by Crippen LogP contribution is -2.60. The Morgan fingerprint density at radius 3 is 2.22 bits per heavy atom. The lowest BCUT2D eigenvalue weighted by Gasteiger charge is -2.41. The van der Waals surface area contributed by atoms with E-state index >= 15 is 0 Å². The summed E-state index contributed by atoms with van der Waals surface area (Å²) in [5.74, 6) is 0.564. The number of piperidine rings is 1. The molecule has 0 unspecified atom stereocenters. The molecule has 18 heavy (non-hydrogen) atoms. The van der Waals surface area contributed by atoms with Crippen molar-refractivity contribution in [3.63, 3.8) is 0 Å². The van der Waals surface area contributed by atoms with E-state index in [1.165, 1.54) is 7.11 Å². The zero-order valence-electron chi connectivity index (χ0n) is 12.5. The lowest BCUT2D eigenvalue weighted by molar-refractivity contribution is -0.151. The molecule has 1 N–H and O–H groups in total. The number of methoxy groups -OCH3 is 1. The monoisotopic (exact) mass is 256 g/mol. The molecule has 1 rings (SSSR count). The Labute approximate surface area is 111 Å². The van der Waals surface area contributed by atoms with E-state index in [9.17, 15) is 4.79 Å². The summed E-state index contributed by atoms with van der Waals surface area (Å²) in [5, 5.41) is 3.42. The van der Waals surface area contributed by atoms with Crippen LogP contribution >= 0.6 is 0 Å². The Kier molecular flexibility index (Phi) is 5.60. The molecule has 0 spiro atoms. The molecule has 4 heteroatoms. The summed E-state index contributed by atoms with van der Waals surface area (Å²) >= 11 is 0. The second-order valence-electron chi connectivity index (χ2n) is 6.07. The van der Waals surface area contributed by atoms with Crippen molar-refractivity contribution >= 4 is 5.97 Å². The fraction of sp³-hybridized carbons (Fsp3) is 0.929. The molecule has 0 aromatic carbocycles. The number of rotatable bonds is 5. The zero-order chi connectivity index (χ0) is 13.8. The molecule has 1 fully saturated rings. The molecule has 106 valence electrons. The van der Waals surface area contributed by atoms with E-state index in [2.05, 4.69) is 37.9 Å². The van der Waals surface area contributed by atoms with Gasteiger partial charge in [-0.15, -0.1) is 0 Å². The van der Waals surface area contributed by atoms with E-state index in [0.29, 0.717) is 12.0 Å². The third-order valence-corrected chi connectivity index (χ3v) is 3.47. The minimum Gasteiger partial charge on any atom is -0.468 e.